The summed E-state index contributed by atoms with van der Waals surface area (Å²) in [7, 11) is 3.25. The second-order valence-corrected chi connectivity index (χ2v) is 5.99. The number of rotatable bonds is 6. The highest BCUT2D eigenvalue weighted by molar-refractivity contribution is 5.31. The van der Waals surface area contributed by atoms with Crippen molar-refractivity contribution in [2.45, 2.75) is 39.3 Å². The monoisotopic (exact) mass is 328 g/mol. The summed E-state index contributed by atoms with van der Waals surface area (Å²) in [6.45, 7) is 4.78. The Morgan fingerprint density at radius 3 is 2.79 bits per heavy atom. The maximum Gasteiger partial charge on any atom is 0.220 e. The van der Waals surface area contributed by atoms with Gasteiger partial charge in [0.2, 0.25) is 11.8 Å². The molecule has 6 heteroatoms. The van der Waals surface area contributed by atoms with E-state index < -0.39 is 0 Å². The minimum Gasteiger partial charge on any atom is -0.481 e. The molecule has 3 rings (SSSR count). The van der Waals surface area contributed by atoms with Gasteiger partial charge in [-0.25, -0.2) is 9.97 Å². The molecule has 2 aromatic rings. The molecular weight excluding hydrogens is 304 g/mol. The van der Waals surface area contributed by atoms with Crippen LogP contribution in [0.15, 0.2) is 18.3 Å². The summed E-state index contributed by atoms with van der Waals surface area (Å²) in [4.78, 5) is 15.9. The Balaban J connectivity index is 1.72. The molecule has 3 heterocycles. The van der Waals surface area contributed by atoms with Crippen LogP contribution in [0.3, 0.4) is 0 Å². The minimum atomic E-state index is 0.566. The SMILES string of the molecule is CCCc1ncc2c(n1)CCN(Cc1ccc(OC)nc1OC)C2. The largest absolute Gasteiger partial charge is 0.481 e. The normalized spacial score (nSPS) is 14.3. The average molecular weight is 328 g/mol. The summed E-state index contributed by atoms with van der Waals surface area (Å²) in [6.07, 6.45) is 4.98. The molecule has 0 saturated carbocycles. The zero-order chi connectivity index (χ0) is 16.9. The first kappa shape index (κ1) is 16.6. The Bertz CT molecular complexity index is 705. The minimum absolute atomic E-state index is 0.566. The maximum atomic E-state index is 5.40. The Morgan fingerprint density at radius 1 is 1.17 bits per heavy atom. The molecule has 0 unspecified atom stereocenters. The molecule has 0 fully saturated rings. The lowest BCUT2D eigenvalue weighted by molar-refractivity contribution is 0.237. The smallest absolute Gasteiger partial charge is 0.220 e. The van der Waals surface area contributed by atoms with E-state index in [-0.39, 0.29) is 0 Å². The third kappa shape index (κ3) is 3.64. The van der Waals surface area contributed by atoms with E-state index in [0.29, 0.717) is 11.8 Å². The summed E-state index contributed by atoms with van der Waals surface area (Å²) in [5.74, 6) is 2.15. The molecule has 0 bridgehead atoms. The third-order valence-electron chi connectivity index (χ3n) is 4.25. The van der Waals surface area contributed by atoms with Gasteiger partial charge in [-0.05, 0) is 12.5 Å². The number of aromatic nitrogens is 3. The van der Waals surface area contributed by atoms with Crippen molar-refractivity contribution in [2.24, 2.45) is 0 Å². The van der Waals surface area contributed by atoms with Gasteiger partial charge in [0.05, 0.1) is 14.2 Å². The molecule has 6 nitrogen and oxygen atoms in total. The van der Waals surface area contributed by atoms with Crippen LogP contribution in [0.4, 0.5) is 0 Å². The van der Waals surface area contributed by atoms with Gasteiger partial charge >= 0.3 is 0 Å². The lowest BCUT2D eigenvalue weighted by atomic mass is 10.1. The maximum absolute atomic E-state index is 5.40. The van der Waals surface area contributed by atoms with Crippen molar-refractivity contribution in [1.29, 1.82) is 0 Å². The predicted octanol–water partition coefficient (Wildman–Crippen LogP) is 2.40. The molecular formula is C18H24N4O2. The summed E-state index contributed by atoms with van der Waals surface area (Å²) in [5, 5.41) is 0. The van der Waals surface area contributed by atoms with Gasteiger partial charge < -0.3 is 9.47 Å². The van der Waals surface area contributed by atoms with Crippen LogP contribution >= 0.6 is 0 Å². The van der Waals surface area contributed by atoms with Gasteiger partial charge in [0.15, 0.2) is 0 Å². The molecule has 1 aliphatic rings. The molecule has 0 amide bonds. The Hall–Kier alpha value is -2.21. The quantitative estimate of drug-likeness (QED) is 0.811. The highest BCUT2D eigenvalue weighted by atomic mass is 16.5. The van der Waals surface area contributed by atoms with Crippen LogP contribution < -0.4 is 9.47 Å². The van der Waals surface area contributed by atoms with Crippen LogP contribution in [0.2, 0.25) is 0 Å². The first-order valence-corrected chi connectivity index (χ1v) is 8.37. The first-order chi connectivity index (χ1) is 11.7. The molecule has 24 heavy (non-hydrogen) atoms. The van der Waals surface area contributed by atoms with E-state index in [1.807, 2.05) is 18.3 Å². The molecule has 1 aliphatic heterocycles. The Labute approximate surface area is 142 Å². The van der Waals surface area contributed by atoms with Gasteiger partial charge in [-0.1, -0.05) is 6.92 Å². The highest BCUT2D eigenvalue weighted by Gasteiger charge is 2.20. The van der Waals surface area contributed by atoms with Gasteiger partial charge in [-0.2, -0.15) is 4.98 Å². The summed E-state index contributed by atoms with van der Waals surface area (Å²) in [5.41, 5.74) is 3.48. The molecule has 0 spiro atoms. The van der Waals surface area contributed by atoms with Gasteiger partial charge in [-0.15, -0.1) is 0 Å². The van der Waals surface area contributed by atoms with Crippen molar-refractivity contribution < 1.29 is 9.47 Å². The van der Waals surface area contributed by atoms with Crippen LogP contribution in [-0.2, 0) is 25.9 Å². The number of ether oxygens (including phenoxy) is 2. The van der Waals surface area contributed by atoms with E-state index in [1.54, 1.807) is 14.2 Å². The number of aryl methyl sites for hydroxylation is 1. The molecule has 0 atom stereocenters. The van der Waals surface area contributed by atoms with Crippen LogP contribution in [0.5, 0.6) is 11.8 Å². The van der Waals surface area contributed by atoms with Crippen LogP contribution in [0.1, 0.15) is 36.0 Å². The van der Waals surface area contributed by atoms with Gasteiger partial charge in [0, 0.05) is 61.6 Å². The van der Waals surface area contributed by atoms with Crippen molar-refractivity contribution in [3.05, 3.63) is 41.0 Å². The molecule has 2 aromatic heterocycles. The van der Waals surface area contributed by atoms with Crippen molar-refractivity contribution in [3.63, 3.8) is 0 Å². The fourth-order valence-electron chi connectivity index (χ4n) is 3.00. The predicted molar refractivity (Wildman–Crippen MR) is 91.2 cm³/mol. The lowest BCUT2D eigenvalue weighted by Gasteiger charge is -2.28. The number of hydrogen-bond acceptors (Lipinski definition) is 6. The van der Waals surface area contributed by atoms with Gasteiger partial charge in [-0.3, -0.25) is 4.90 Å². The second kappa shape index (κ2) is 7.57. The Morgan fingerprint density at radius 2 is 2.04 bits per heavy atom. The number of fused-ring (bicyclic) bond motifs is 1. The average Bonchev–Trinajstić information content (AvgIpc) is 2.62. The van der Waals surface area contributed by atoms with E-state index in [4.69, 9.17) is 14.5 Å². The molecule has 0 saturated heterocycles. The molecule has 0 aromatic carbocycles. The molecule has 0 radical (unpaired) electrons. The van der Waals surface area contributed by atoms with Crippen molar-refractivity contribution >= 4 is 0 Å². The zero-order valence-corrected chi connectivity index (χ0v) is 14.6. The zero-order valence-electron chi connectivity index (χ0n) is 14.6. The van der Waals surface area contributed by atoms with Gasteiger partial charge in [0.25, 0.3) is 0 Å². The standard InChI is InChI=1S/C18H24N4O2/c1-4-5-16-19-10-14-12-22(9-8-15(14)20-16)11-13-6-7-17(23-2)21-18(13)24-3/h6-7,10H,4-5,8-9,11-12H2,1-3H3. The Kier molecular flexibility index (Phi) is 5.25. The van der Waals surface area contributed by atoms with E-state index in [2.05, 4.69) is 21.8 Å². The summed E-state index contributed by atoms with van der Waals surface area (Å²) < 4.78 is 10.6. The van der Waals surface area contributed by atoms with Crippen molar-refractivity contribution in [2.75, 3.05) is 20.8 Å². The number of pyridine rings is 1. The number of methoxy groups -OCH3 is 2. The summed E-state index contributed by atoms with van der Waals surface area (Å²) >= 11 is 0. The van der Waals surface area contributed by atoms with Gasteiger partial charge in [0.1, 0.15) is 5.82 Å². The topological polar surface area (TPSA) is 60.4 Å². The van der Waals surface area contributed by atoms with Crippen LogP contribution in [-0.4, -0.2) is 40.6 Å². The lowest BCUT2D eigenvalue weighted by Crippen LogP contribution is -2.31. The summed E-state index contributed by atoms with van der Waals surface area (Å²) in [6, 6.07) is 3.89. The van der Waals surface area contributed by atoms with Crippen LogP contribution in [0, 0.1) is 0 Å². The molecule has 128 valence electrons. The fourth-order valence-corrected chi connectivity index (χ4v) is 3.00. The van der Waals surface area contributed by atoms with E-state index in [1.165, 1.54) is 11.3 Å². The van der Waals surface area contributed by atoms with Crippen molar-refractivity contribution in [1.82, 2.24) is 19.9 Å². The number of hydrogen-bond donors (Lipinski definition) is 0. The fraction of sp³-hybridized carbons (Fsp3) is 0.500. The number of nitrogens with zero attached hydrogens (tertiary/aromatic N) is 4. The van der Waals surface area contributed by atoms with E-state index in [9.17, 15) is 0 Å². The first-order valence-electron chi connectivity index (χ1n) is 8.37. The van der Waals surface area contributed by atoms with E-state index >= 15 is 0 Å². The highest BCUT2D eigenvalue weighted by Crippen LogP contribution is 2.24. The van der Waals surface area contributed by atoms with Crippen molar-refractivity contribution in [3.8, 4) is 11.8 Å². The molecule has 0 N–H and O–H groups in total. The van der Waals surface area contributed by atoms with Crippen LogP contribution in [0.25, 0.3) is 0 Å². The second-order valence-electron chi connectivity index (χ2n) is 5.99. The van der Waals surface area contributed by atoms with E-state index in [0.717, 1.165) is 50.3 Å². The third-order valence-corrected chi connectivity index (χ3v) is 4.25. The molecule has 0 aliphatic carbocycles.